The largest absolute Gasteiger partial charge is 0.369 e. The Morgan fingerprint density at radius 1 is 1.30 bits per heavy atom. The highest BCUT2D eigenvalue weighted by Crippen LogP contribution is 2.32. The summed E-state index contributed by atoms with van der Waals surface area (Å²) in [7, 11) is 0. The maximum Gasteiger partial charge on any atom is 0.0979 e. The first-order valence-corrected chi connectivity index (χ1v) is 8.56. The predicted octanol–water partition coefficient (Wildman–Crippen LogP) is 4.82. The van der Waals surface area contributed by atoms with Crippen molar-refractivity contribution in [2.24, 2.45) is 11.7 Å². The number of ether oxygens (including phenoxy) is 1. The Labute approximate surface area is 131 Å². The molecule has 3 heteroatoms. The van der Waals surface area contributed by atoms with Gasteiger partial charge in [-0.15, -0.1) is 0 Å². The predicted molar refractivity (Wildman–Crippen MR) is 87.7 cm³/mol. The Kier molecular flexibility index (Phi) is 6.06. The van der Waals surface area contributed by atoms with E-state index in [0.29, 0.717) is 6.10 Å². The summed E-state index contributed by atoms with van der Waals surface area (Å²) in [5.41, 5.74) is 7.50. The SMILES string of the molecule is CCC(N)C(OC1CCCC(C)C1)c1ccc(Br)cc1. The second-order valence-corrected chi connectivity index (χ2v) is 6.99. The van der Waals surface area contributed by atoms with Crippen molar-refractivity contribution in [3.8, 4) is 0 Å². The van der Waals surface area contributed by atoms with Crippen molar-refractivity contribution >= 4 is 15.9 Å². The summed E-state index contributed by atoms with van der Waals surface area (Å²) in [6.45, 7) is 4.45. The summed E-state index contributed by atoms with van der Waals surface area (Å²) in [6, 6.07) is 8.44. The Hall–Kier alpha value is -0.380. The lowest BCUT2D eigenvalue weighted by molar-refractivity contribution is -0.0518. The summed E-state index contributed by atoms with van der Waals surface area (Å²) in [6.07, 6.45) is 6.27. The monoisotopic (exact) mass is 339 g/mol. The second-order valence-electron chi connectivity index (χ2n) is 6.07. The summed E-state index contributed by atoms with van der Waals surface area (Å²) in [5, 5.41) is 0. The van der Waals surface area contributed by atoms with Crippen LogP contribution in [0.5, 0.6) is 0 Å². The molecule has 1 aromatic carbocycles. The van der Waals surface area contributed by atoms with Crippen LogP contribution in [-0.4, -0.2) is 12.1 Å². The van der Waals surface area contributed by atoms with Gasteiger partial charge in [-0.25, -0.2) is 0 Å². The molecule has 0 saturated heterocycles. The Morgan fingerprint density at radius 3 is 2.60 bits per heavy atom. The highest BCUT2D eigenvalue weighted by Gasteiger charge is 2.26. The summed E-state index contributed by atoms with van der Waals surface area (Å²) in [5.74, 6) is 0.775. The molecule has 0 amide bonds. The maximum absolute atomic E-state index is 6.40. The van der Waals surface area contributed by atoms with E-state index in [1.54, 1.807) is 0 Å². The Morgan fingerprint density at radius 2 is 2.00 bits per heavy atom. The van der Waals surface area contributed by atoms with Crippen LogP contribution in [0.4, 0.5) is 0 Å². The molecule has 0 heterocycles. The number of nitrogens with two attached hydrogens (primary N) is 1. The number of benzene rings is 1. The minimum absolute atomic E-state index is 0.0170. The highest BCUT2D eigenvalue weighted by atomic mass is 79.9. The van der Waals surface area contributed by atoms with Gasteiger partial charge in [0.2, 0.25) is 0 Å². The van der Waals surface area contributed by atoms with E-state index < -0.39 is 0 Å². The molecule has 2 nitrogen and oxygen atoms in total. The van der Waals surface area contributed by atoms with Gasteiger partial charge in [0.15, 0.2) is 0 Å². The second kappa shape index (κ2) is 7.58. The maximum atomic E-state index is 6.40. The smallest absolute Gasteiger partial charge is 0.0979 e. The van der Waals surface area contributed by atoms with E-state index in [1.807, 2.05) is 0 Å². The molecule has 1 saturated carbocycles. The van der Waals surface area contributed by atoms with Crippen LogP contribution in [0, 0.1) is 5.92 Å². The Bertz CT molecular complexity index is 406. The molecule has 1 fully saturated rings. The molecule has 2 rings (SSSR count). The van der Waals surface area contributed by atoms with Gasteiger partial charge in [0.1, 0.15) is 0 Å². The third-order valence-electron chi connectivity index (χ3n) is 4.29. The van der Waals surface area contributed by atoms with Crippen molar-refractivity contribution in [1.29, 1.82) is 0 Å². The van der Waals surface area contributed by atoms with Crippen molar-refractivity contribution in [3.63, 3.8) is 0 Å². The van der Waals surface area contributed by atoms with Crippen LogP contribution >= 0.6 is 15.9 Å². The summed E-state index contributed by atoms with van der Waals surface area (Å²) >= 11 is 3.48. The van der Waals surface area contributed by atoms with Gasteiger partial charge in [0.25, 0.3) is 0 Å². The standard InChI is InChI=1S/C17H26BrNO/c1-3-16(19)17(13-7-9-14(18)10-8-13)20-15-6-4-5-12(2)11-15/h7-10,12,15-17H,3-6,11,19H2,1-2H3. The zero-order valence-corrected chi connectivity index (χ0v) is 14.1. The average Bonchev–Trinajstić information content (AvgIpc) is 2.45. The minimum Gasteiger partial charge on any atom is -0.369 e. The van der Waals surface area contributed by atoms with Crippen molar-refractivity contribution in [3.05, 3.63) is 34.3 Å². The van der Waals surface area contributed by atoms with Gasteiger partial charge in [0.05, 0.1) is 12.2 Å². The normalized spacial score (nSPS) is 26.2. The molecule has 0 bridgehead atoms. The van der Waals surface area contributed by atoms with Gasteiger partial charge in [0, 0.05) is 10.5 Å². The molecular weight excluding hydrogens is 314 g/mol. The minimum atomic E-state index is 0.0170. The third kappa shape index (κ3) is 4.31. The fraction of sp³-hybridized carbons (Fsp3) is 0.647. The molecule has 2 N–H and O–H groups in total. The van der Waals surface area contributed by atoms with Gasteiger partial charge < -0.3 is 10.5 Å². The van der Waals surface area contributed by atoms with Crippen molar-refractivity contribution in [1.82, 2.24) is 0 Å². The summed E-state index contributed by atoms with van der Waals surface area (Å²) < 4.78 is 7.49. The van der Waals surface area contributed by atoms with Crippen molar-refractivity contribution in [2.75, 3.05) is 0 Å². The molecule has 0 radical (unpaired) electrons. The van der Waals surface area contributed by atoms with Crippen LogP contribution in [0.25, 0.3) is 0 Å². The zero-order chi connectivity index (χ0) is 14.5. The van der Waals surface area contributed by atoms with E-state index in [0.717, 1.165) is 16.8 Å². The zero-order valence-electron chi connectivity index (χ0n) is 12.5. The molecule has 112 valence electrons. The first-order chi connectivity index (χ1) is 9.60. The molecule has 0 aromatic heterocycles. The fourth-order valence-electron chi connectivity index (χ4n) is 3.00. The van der Waals surface area contributed by atoms with E-state index in [2.05, 4.69) is 54.0 Å². The van der Waals surface area contributed by atoms with Gasteiger partial charge in [-0.2, -0.15) is 0 Å². The topological polar surface area (TPSA) is 35.2 Å². The fourth-order valence-corrected chi connectivity index (χ4v) is 3.27. The van der Waals surface area contributed by atoms with E-state index in [-0.39, 0.29) is 12.1 Å². The molecule has 1 aliphatic rings. The summed E-state index contributed by atoms with van der Waals surface area (Å²) in [4.78, 5) is 0. The lowest BCUT2D eigenvalue weighted by atomic mass is 9.88. The van der Waals surface area contributed by atoms with Crippen molar-refractivity contribution < 1.29 is 4.74 Å². The van der Waals surface area contributed by atoms with Crippen LogP contribution in [0.1, 0.15) is 57.6 Å². The van der Waals surface area contributed by atoms with Gasteiger partial charge in [-0.3, -0.25) is 0 Å². The van der Waals surface area contributed by atoms with E-state index in [1.165, 1.54) is 31.2 Å². The van der Waals surface area contributed by atoms with Gasteiger partial charge in [-0.1, -0.05) is 54.8 Å². The molecular formula is C17H26BrNO. The third-order valence-corrected chi connectivity index (χ3v) is 4.81. The molecule has 4 atom stereocenters. The Balaban J connectivity index is 2.09. The van der Waals surface area contributed by atoms with Gasteiger partial charge in [-0.05, 0) is 42.9 Å². The lowest BCUT2D eigenvalue weighted by Gasteiger charge is -2.33. The number of hydrogen-bond acceptors (Lipinski definition) is 2. The first kappa shape index (κ1) is 16.0. The van der Waals surface area contributed by atoms with Crippen LogP contribution in [0.2, 0.25) is 0 Å². The number of hydrogen-bond donors (Lipinski definition) is 1. The van der Waals surface area contributed by atoms with Crippen LogP contribution in [-0.2, 0) is 4.74 Å². The van der Waals surface area contributed by atoms with E-state index in [4.69, 9.17) is 10.5 Å². The van der Waals surface area contributed by atoms with E-state index in [9.17, 15) is 0 Å². The van der Waals surface area contributed by atoms with E-state index >= 15 is 0 Å². The molecule has 1 aliphatic carbocycles. The molecule has 0 spiro atoms. The van der Waals surface area contributed by atoms with Gasteiger partial charge >= 0.3 is 0 Å². The van der Waals surface area contributed by atoms with Crippen LogP contribution in [0.3, 0.4) is 0 Å². The average molecular weight is 340 g/mol. The number of rotatable bonds is 5. The molecule has 0 aliphatic heterocycles. The van der Waals surface area contributed by atoms with Crippen LogP contribution < -0.4 is 5.73 Å². The lowest BCUT2D eigenvalue weighted by Crippen LogP contribution is -2.34. The molecule has 4 unspecified atom stereocenters. The van der Waals surface area contributed by atoms with Crippen molar-refractivity contribution in [2.45, 2.75) is 64.2 Å². The number of halogens is 1. The molecule has 20 heavy (non-hydrogen) atoms. The van der Waals surface area contributed by atoms with Crippen LogP contribution in [0.15, 0.2) is 28.7 Å². The quantitative estimate of drug-likeness (QED) is 0.834. The molecule has 1 aromatic rings. The highest BCUT2D eigenvalue weighted by molar-refractivity contribution is 9.10. The first-order valence-electron chi connectivity index (χ1n) is 7.76.